The lowest BCUT2D eigenvalue weighted by Gasteiger charge is -2.07. The van der Waals surface area contributed by atoms with Gasteiger partial charge in [0.15, 0.2) is 6.10 Å². The minimum absolute atomic E-state index is 0.184. The maximum atomic E-state index is 10.3. The molecule has 14 heavy (non-hydrogen) atoms. The molecule has 0 heterocycles. The molecule has 76 valence electrons. The summed E-state index contributed by atoms with van der Waals surface area (Å²) >= 11 is 0. The SMILES string of the molecule is Nc1ccccc1CC[C@H](O)C(=O)O. The summed E-state index contributed by atoms with van der Waals surface area (Å²) in [5.41, 5.74) is 7.15. The lowest BCUT2D eigenvalue weighted by Crippen LogP contribution is -2.20. The van der Waals surface area contributed by atoms with E-state index in [4.69, 9.17) is 15.9 Å². The number of aliphatic hydroxyl groups is 1. The Balaban J connectivity index is 2.54. The lowest BCUT2D eigenvalue weighted by molar-refractivity contribution is -0.146. The van der Waals surface area contributed by atoms with Gasteiger partial charge in [-0.15, -0.1) is 0 Å². The first-order chi connectivity index (χ1) is 6.61. The van der Waals surface area contributed by atoms with Crippen molar-refractivity contribution >= 4 is 11.7 Å². The van der Waals surface area contributed by atoms with Crippen LogP contribution in [0.3, 0.4) is 0 Å². The van der Waals surface area contributed by atoms with Crippen LogP contribution in [-0.2, 0) is 11.2 Å². The van der Waals surface area contributed by atoms with Crippen LogP contribution in [0.1, 0.15) is 12.0 Å². The highest BCUT2D eigenvalue weighted by molar-refractivity contribution is 5.71. The minimum atomic E-state index is -1.31. The monoisotopic (exact) mass is 195 g/mol. The molecule has 4 nitrogen and oxygen atoms in total. The van der Waals surface area contributed by atoms with E-state index >= 15 is 0 Å². The second-order valence-electron chi connectivity index (χ2n) is 3.09. The maximum absolute atomic E-state index is 10.3. The largest absolute Gasteiger partial charge is 0.479 e. The van der Waals surface area contributed by atoms with Crippen molar-refractivity contribution in [3.05, 3.63) is 29.8 Å². The van der Waals surface area contributed by atoms with Crippen LogP contribution in [0.15, 0.2) is 24.3 Å². The first kappa shape index (κ1) is 10.5. The van der Waals surface area contributed by atoms with Crippen molar-refractivity contribution < 1.29 is 15.0 Å². The van der Waals surface area contributed by atoms with Crippen LogP contribution >= 0.6 is 0 Å². The minimum Gasteiger partial charge on any atom is -0.479 e. The third-order valence-corrected chi connectivity index (χ3v) is 2.03. The molecule has 0 saturated carbocycles. The average molecular weight is 195 g/mol. The molecule has 1 rings (SSSR count). The van der Waals surface area contributed by atoms with Crippen molar-refractivity contribution in [2.75, 3.05) is 5.73 Å². The molecule has 0 spiro atoms. The molecule has 4 heteroatoms. The van der Waals surface area contributed by atoms with Gasteiger partial charge in [0.2, 0.25) is 0 Å². The van der Waals surface area contributed by atoms with E-state index < -0.39 is 12.1 Å². The lowest BCUT2D eigenvalue weighted by atomic mass is 10.1. The fourth-order valence-electron chi connectivity index (χ4n) is 1.18. The number of anilines is 1. The van der Waals surface area contributed by atoms with E-state index in [0.717, 1.165) is 5.56 Å². The molecule has 0 aliphatic heterocycles. The van der Waals surface area contributed by atoms with Gasteiger partial charge in [-0.1, -0.05) is 18.2 Å². The van der Waals surface area contributed by atoms with Crippen LogP contribution in [0.25, 0.3) is 0 Å². The van der Waals surface area contributed by atoms with E-state index in [1.165, 1.54) is 0 Å². The van der Waals surface area contributed by atoms with Gasteiger partial charge in [-0.3, -0.25) is 0 Å². The highest BCUT2D eigenvalue weighted by Crippen LogP contribution is 2.13. The maximum Gasteiger partial charge on any atom is 0.332 e. The predicted molar refractivity (Wildman–Crippen MR) is 52.8 cm³/mol. The van der Waals surface area contributed by atoms with Crippen LogP contribution in [-0.4, -0.2) is 22.3 Å². The molecular formula is C10H13NO3. The summed E-state index contributed by atoms with van der Waals surface area (Å²) in [4.78, 5) is 10.3. The van der Waals surface area contributed by atoms with Crippen LogP contribution in [0.5, 0.6) is 0 Å². The van der Waals surface area contributed by atoms with E-state index in [2.05, 4.69) is 0 Å². The Hall–Kier alpha value is -1.55. The number of rotatable bonds is 4. The third kappa shape index (κ3) is 2.74. The second-order valence-corrected chi connectivity index (χ2v) is 3.09. The Morgan fingerprint density at radius 3 is 2.64 bits per heavy atom. The summed E-state index contributed by atoms with van der Waals surface area (Å²) in [5.74, 6) is -1.19. The van der Waals surface area contributed by atoms with Crippen LogP contribution in [0.4, 0.5) is 5.69 Å². The Morgan fingerprint density at radius 2 is 2.07 bits per heavy atom. The summed E-state index contributed by atoms with van der Waals surface area (Å²) in [6.07, 6.45) is -0.654. The molecule has 0 aliphatic carbocycles. The van der Waals surface area contributed by atoms with Gasteiger partial charge in [0.1, 0.15) is 0 Å². The van der Waals surface area contributed by atoms with Crippen molar-refractivity contribution in [2.24, 2.45) is 0 Å². The van der Waals surface area contributed by atoms with Crippen molar-refractivity contribution in [2.45, 2.75) is 18.9 Å². The molecule has 0 fully saturated rings. The van der Waals surface area contributed by atoms with Gasteiger partial charge in [0, 0.05) is 5.69 Å². The molecule has 0 aliphatic rings. The van der Waals surface area contributed by atoms with E-state index in [9.17, 15) is 4.79 Å². The van der Waals surface area contributed by atoms with E-state index in [1.54, 1.807) is 6.07 Å². The van der Waals surface area contributed by atoms with Gasteiger partial charge >= 0.3 is 5.97 Å². The van der Waals surface area contributed by atoms with Crippen LogP contribution < -0.4 is 5.73 Å². The van der Waals surface area contributed by atoms with Crippen molar-refractivity contribution in [1.82, 2.24) is 0 Å². The zero-order valence-electron chi connectivity index (χ0n) is 7.68. The first-order valence-corrected chi connectivity index (χ1v) is 4.35. The number of aryl methyl sites for hydroxylation is 1. The van der Waals surface area contributed by atoms with Gasteiger partial charge < -0.3 is 15.9 Å². The Kier molecular flexibility index (Phi) is 3.48. The average Bonchev–Trinajstić information content (AvgIpc) is 2.16. The molecule has 0 bridgehead atoms. The van der Waals surface area contributed by atoms with Gasteiger partial charge in [-0.25, -0.2) is 4.79 Å². The van der Waals surface area contributed by atoms with E-state index in [1.807, 2.05) is 18.2 Å². The highest BCUT2D eigenvalue weighted by Gasteiger charge is 2.12. The number of nitrogen functional groups attached to an aromatic ring is 1. The molecule has 0 aromatic heterocycles. The molecule has 0 radical (unpaired) electrons. The number of benzene rings is 1. The number of carbonyl (C=O) groups is 1. The molecule has 0 saturated heterocycles. The number of carboxylic acids is 1. The number of aliphatic hydroxyl groups excluding tert-OH is 1. The smallest absolute Gasteiger partial charge is 0.332 e. The number of hydrogen-bond donors (Lipinski definition) is 3. The molecule has 0 unspecified atom stereocenters. The molecule has 0 amide bonds. The van der Waals surface area contributed by atoms with E-state index in [-0.39, 0.29) is 6.42 Å². The Bertz CT molecular complexity index is 325. The number of hydrogen-bond acceptors (Lipinski definition) is 3. The van der Waals surface area contributed by atoms with Crippen LogP contribution in [0.2, 0.25) is 0 Å². The number of carboxylic acid groups (broad SMARTS) is 1. The normalized spacial score (nSPS) is 12.4. The number of nitrogens with two attached hydrogens (primary N) is 1. The van der Waals surface area contributed by atoms with Gasteiger partial charge in [0.25, 0.3) is 0 Å². The Morgan fingerprint density at radius 1 is 1.43 bits per heavy atom. The number of aliphatic carboxylic acids is 1. The molecular weight excluding hydrogens is 182 g/mol. The summed E-state index contributed by atoms with van der Waals surface area (Å²) in [6, 6.07) is 7.22. The van der Waals surface area contributed by atoms with Crippen molar-refractivity contribution in [3.63, 3.8) is 0 Å². The summed E-state index contributed by atoms with van der Waals surface area (Å²) < 4.78 is 0. The quantitative estimate of drug-likeness (QED) is 0.616. The predicted octanol–water partition coefficient (Wildman–Crippen LogP) is 0.647. The topological polar surface area (TPSA) is 83.5 Å². The molecule has 4 N–H and O–H groups in total. The zero-order chi connectivity index (χ0) is 10.6. The first-order valence-electron chi connectivity index (χ1n) is 4.35. The van der Waals surface area contributed by atoms with Gasteiger partial charge in [-0.2, -0.15) is 0 Å². The summed E-state index contributed by atoms with van der Waals surface area (Å²) in [7, 11) is 0. The molecule has 1 aromatic rings. The highest BCUT2D eigenvalue weighted by atomic mass is 16.4. The fraction of sp³-hybridized carbons (Fsp3) is 0.300. The standard InChI is InChI=1S/C10H13NO3/c11-8-4-2-1-3-7(8)5-6-9(12)10(13)14/h1-4,9,12H,5-6,11H2,(H,13,14)/t9-/m0/s1. The summed E-state index contributed by atoms with van der Waals surface area (Å²) in [6.45, 7) is 0. The zero-order valence-corrected chi connectivity index (χ0v) is 7.68. The molecule has 1 aromatic carbocycles. The van der Waals surface area contributed by atoms with Gasteiger partial charge in [0.05, 0.1) is 0 Å². The number of para-hydroxylation sites is 1. The summed E-state index contributed by atoms with van der Waals surface area (Å²) in [5, 5.41) is 17.5. The second kappa shape index (κ2) is 4.62. The van der Waals surface area contributed by atoms with E-state index in [0.29, 0.717) is 12.1 Å². The third-order valence-electron chi connectivity index (χ3n) is 2.03. The van der Waals surface area contributed by atoms with Crippen molar-refractivity contribution in [1.29, 1.82) is 0 Å². The van der Waals surface area contributed by atoms with Crippen molar-refractivity contribution in [3.8, 4) is 0 Å². The molecule has 1 atom stereocenters. The van der Waals surface area contributed by atoms with Crippen LogP contribution in [0, 0.1) is 0 Å². The Labute approximate surface area is 82.0 Å². The van der Waals surface area contributed by atoms with Gasteiger partial charge in [-0.05, 0) is 24.5 Å². The fourth-order valence-corrected chi connectivity index (χ4v) is 1.18.